The molecule has 7 heteroatoms. The Kier molecular flexibility index (Phi) is 7.91. The van der Waals surface area contributed by atoms with Crippen LogP contribution in [0.15, 0.2) is 18.2 Å². The minimum atomic E-state index is -0.766. The molecular weight excluding hydrogens is 310 g/mol. The van der Waals surface area contributed by atoms with Crippen molar-refractivity contribution in [1.82, 2.24) is 5.32 Å². The molecule has 3 N–H and O–H groups in total. The minimum absolute atomic E-state index is 0.0235. The lowest BCUT2D eigenvalue weighted by Gasteiger charge is -2.16. The highest BCUT2D eigenvalue weighted by Crippen LogP contribution is 2.13. The Bertz CT molecular complexity index is 601. The van der Waals surface area contributed by atoms with Gasteiger partial charge in [-0.25, -0.2) is 4.79 Å². The zero-order valence-electron chi connectivity index (χ0n) is 14.7. The van der Waals surface area contributed by atoms with E-state index in [0.717, 1.165) is 21.7 Å². The Labute approximate surface area is 142 Å². The fourth-order valence-electron chi connectivity index (χ4n) is 2.12. The number of carbonyl (C=O) groups is 3. The molecule has 0 aliphatic rings. The van der Waals surface area contributed by atoms with Crippen LogP contribution in [0, 0.1) is 13.8 Å². The van der Waals surface area contributed by atoms with E-state index in [9.17, 15) is 14.4 Å². The van der Waals surface area contributed by atoms with Crippen LogP contribution >= 0.6 is 0 Å². The molecule has 1 aromatic carbocycles. The van der Waals surface area contributed by atoms with E-state index in [4.69, 9.17) is 0 Å². The summed E-state index contributed by atoms with van der Waals surface area (Å²) in [6, 6.07) is 5.70. The summed E-state index contributed by atoms with van der Waals surface area (Å²) in [5.41, 5.74) is 2.99. The van der Waals surface area contributed by atoms with Crippen LogP contribution in [0.5, 0.6) is 0 Å². The second-order valence-electron chi connectivity index (χ2n) is 5.57. The van der Waals surface area contributed by atoms with Gasteiger partial charge in [-0.3, -0.25) is 14.9 Å². The van der Waals surface area contributed by atoms with Gasteiger partial charge in [-0.2, -0.15) is 0 Å². The Morgan fingerprint density at radius 2 is 1.71 bits per heavy atom. The molecule has 0 fully saturated rings. The van der Waals surface area contributed by atoms with Gasteiger partial charge >= 0.3 is 6.09 Å². The predicted molar refractivity (Wildman–Crippen MR) is 90.9 cm³/mol. The van der Waals surface area contributed by atoms with Gasteiger partial charge in [-0.15, -0.1) is 0 Å². The largest absolute Gasteiger partial charge is 0.450 e. The first-order valence-electron chi connectivity index (χ1n) is 8.03. The maximum atomic E-state index is 12.1. The fraction of sp³-hybridized carbons (Fsp3) is 0.471. The molecule has 0 radical (unpaired) electrons. The number of imide groups is 1. The first-order valence-corrected chi connectivity index (χ1v) is 8.03. The van der Waals surface area contributed by atoms with E-state index in [1.807, 2.05) is 39.0 Å². The van der Waals surface area contributed by atoms with Crippen LogP contribution in [0.1, 0.15) is 25.0 Å². The van der Waals surface area contributed by atoms with E-state index in [2.05, 4.69) is 15.4 Å². The molecule has 0 saturated heterocycles. The van der Waals surface area contributed by atoms with Crippen molar-refractivity contribution in [2.45, 2.75) is 27.7 Å². The number of nitrogens with one attached hydrogen (secondary N) is 3. The Balaban J connectivity index is 2.51. The van der Waals surface area contributed by atoms with Gasteiger partial charge in [0.1, 0.15) is 0 Å². The molecule has 0 heterocycles. The summed E-state index contributed by atoms with van der Waals surface area (Å²) < 4.78 is 4.65. The number of anilines is 1. The third-order valence-electron chi connectivity index (χ3n) is 3.63. The number of likely N-dealkylation sites (N-methyl/N-ethyl adjacent to an activating group) is 1. The number of ether oxygens (including phenoxy) is 1. The number of amides is 3. The standard InChI is InChI=1S/C17H25N3O4/c1-5-20(11-16(22)19-17(23)24-6-2)10-15(21)18-14-8-7-12(3)13(4)9-14/h7-9H,5-6,10-11H2,1-4H3,(H,18,21)(H,19,22,23)/p+1. The van der Waals surface area contributed by atoms with Crippen LogP contribution in [-0.4, -0.2) is 44.1 Å². The summed E-state index contributed by atoms with van der Waals surface area (Å²) in [4.78, 5) is 35.8. The molecule has 0 aliphatic heterocycles. The highest BCUT2D eigenvalue weighted by Gasteiger charge is 2.18. The number of hydrogen-bond acceptors (Lipinski definition) is 4. The van der Waals surface area contributed by atoms with Crippen LogP contribution in [0.3, 0.4) is 0 Å². The molecule has 1 rings (SSSR count). The first kappa shape index (κ1) is 19.6. The number of quaternary nitrogens is 1. The zero-order chi connectivity index (χ0) is 18.1. The van der Waals surface area contributed by atoms with E-state index < -0.39 is 12.0 Å². The lowest BCUT2D eigenvalue weighted by atomic mass is 10.1. The van der Waals surface area contributed by atoms with Crippen LogP contribution in [0.25, 0.3) is 0 Å². The van der Waals surface area contributed by atoms with E-state index in [0.29, 0.717) is 6.54 Å². The van der Waals surface area contributed by atoms with Crippen molar-refractivity contribution < 1.29 is 24.0 Å². The molecule has 132 valence electrons. The van der Waals surface area contributed by atoms with Gasteiger partial charge in [-0.1, -0.05) is 6.07 Å². The fourth-order valence-corrected chi connectivity index (χ4v) is 2.12. The van der Waals surface area contributed by atoms with Crippen molar-refractivity contribution in [2.24, 2.45) is 0 Å². The highest BCUT2D eigenvalue weighted by molar-refractivity contribution is 5.93. The Morgan fingerprint density at radius 3 is 2.29 bits per heavy atom. The van der Waals surface area contributed by atoms with Gasteiger partial charge in [-0.05, 0) is 51.0 Å². The molecule has 24 heavy (non-hydrogen) atoms. The van der Waals surface area contributed by atoms with Crippen molar-refractivity contribution in [3.63, 3.8) is 0 Å². The molecule has 1 aromatic rings. The number of rotatable bonds is 7. The third kappa shape index (κ3) is 6.78. The second kappa shape index (κ2) is 9.67. The maximum Gasteiger partial charge on any atom is 0.414 e. The van der Waals surface area contributed by atoms with Gasteiger partial charge < -0.3 is 15.0 Å². The summed E-state index contributed by atoms with van der Waals surface area (Å²) in [6.45, 7) is 8.45. The van der Waals surface area contributed by atoms with Crippen molar-refractivity contribution >= 4 is 23.6 Å². The molecule has 0 spiro atoms. The topological polar surface area (TPSA) is 88.9 Å². The van der Waals surface area contributed by atoms with E-state index in [1.165, 1.54) is 0 Å². The number of carbonyl (C=O) groups excluding carboxylic acids is 3. The maximum absolute atomic E-state index is 12.1. The molecule has 1 atom stereocenters. The number of aryl methyl sites for hydroxylation is 2. The predicted octanol–water partition coefficient (Wildman–Crippen LogP) is 0.419. The zero-order valence-corrected chi connectivity index (χ0v) is 14.7. The van der Waals surface area contributed by atoms with Gasteiger partial charge in [0, 0.05) is 5.69 Å². The third-order valence-corrected chi connectivity index (χ3v) is 3.63. The SMILES string of the molecule is CCOC(=O)NC(=O)C[NH+](CC)CC(=O)Nc1ccc(C)c(C)c1. The average Bonchev–Trinajstić information content (AvgIpc) is 2.50. The van der Waals surface area contributed by atoms with Crippen molar-refractivity contribution in [1.29, 1.82) is 0 Å². The number of alkyl carbamates (subject to hydrolysis) is 1. The van der Waals surface area contributed by atoms with Crippen LogP contribution in [-0.2, 0) is 14.3 Å². The quantitative estimate of drug-likeness (QED) is 0.673. The lowest BCUT2D eigenvalue weighted by Crippen LogP contribution is -3.14. The highest BCUT2D eigenvalue weighted by atomic mass is 16.5. The lowest BCUT2D eigenvalue weighted by molar-refractivity contribution is -0.881. The van der Waals surface area contributed by atoms with Crippen molar-refractivity contribution in [3.05, 3.63) is 29.3 Å². The van der Waals surface area contributed by atoms with Crippen LogP contribution < -0.4 is 15.5 Å². The van der Waals surface area contributed by atoms with Gasteiger partial charge in [0.2, 0.25) is 0 Å². The normalized spacial score (nSPS) is 11.5. The Hall–Kier alpha value is -2.41. The van der Waals surface area contributed by atoms with Gasteiger partial charge in [0.25, 0.3) is 11.8 Å². The molecule has 0 aromatic heterocycles. The molecule has 0 bridgehead atoms. The summed E-state index contributed by atoms with van der Waals surface area (Å²) in [5.74, 6) is -0.650. The number of benzene rings is 1. The van der Waals surface area contributed by atoms with Gasteiger partial charge in [0.05, 0.1) is 13.2 Å². The second-order valence-corrected chi connectivity index (χ2v) is 5.57. The summed E-state index contributed by atoms with van der Waals surface area (Å²) in [7, 11) is 0. The van der Waals surface area contributed by atoms with E-state index in [1.54, 1.807) is 6.92 Å². The van der Waals surface area contributed by atoms with Gasteiger partial charge in [0.15, 0.2) is 13.1 Å². The van der Waals surface area contributed by atoms with Crippen molar-refractivity contribution in [2.75, 3.05) is 31.6 Å². The molecule has 1 unspecified atom stereocenters. The van der Waals surface area contributed by atoms with Crippen molar-refractivity contribution in [3.8, 4) is 0 Å². The monoisotopic (exact) mass is 336 g/mol. The summed E-state index contributed by atoms with van der Waals surface area (Å²) in [6.07, 6.45) is -0.766. The first-order chi connectivity index (χ1) is 11.3. The average molecular weight is 336 g/mol. The molecule has 3 amide bonds. The molecule has 0 aliphatic carbocycles. The van der Waals surface area contributed by atoms with Crippen LogP contribution in [0.2, 0.25) is 0 Å². The molecule has 7 nitrogen and oxygen atoms in total. The molecule has 0 saturated carbocycles. The van der Waals surface area contributed by atoms with E-state index >= 15 is 0 Å². The number of hydrogen-bond donors (Lipinski definition) is 3. The summed E-state index contributed by atoms with van der Waals surface area (Å²) >= 11 is 0. The summed E-state index contributed by atoms with van der Waals surface area (Å²) in [5, 5.41) is 4.96. The molecular formula is C17H26N3O4+. The smallest absolute Gasteiger partial charge is 0.414 e. The minimum Gasteiger partial charge on any atom is -0.450 e. The van der Waals surface area contributed by atoms with Crippen LogP contribution in [0.4, 0.5) is 10.5 Å². The Morgan fingerprint density at radius 1 is 1.04 bits per heavy atom. The van der Waals surface area contributed by atoms with E-state index in [-0.39, 0.29) is 25.6 Å².